The molecule has 1 fully saturated rings. The summed E-state index contributed by atoms with van der Waals surface area (Å²) < 4.78 is 5.77. The highest BCUT2D eigenvalue weighted by molar-refractivity contribution is 5.64. The first kappa shape index (κ1) is 23.1. The summed E-state index contributed by atoms with van der Waals surface area (Å²) in [6, 6.07) is 18.4. The average molecular weight is 407 g/mol. The van der Waals surface area contributed by atoms with Gasteiger partial charge in [-0.1, -0.05) is 101 Å². The van der Waals surface area contributed by atoms with Gasteiger partial charge >= 0.3 is 0 Å². The van der Waals surface area contributed by atoms with Crippen molar-refractivity contribution in [1.82, 2.24) is 0 Å². The summed E-state index contributed by atoms with van der Waals surface area (Å²) >= 11 is 0. The molecule has 2 aromatic carbocycles. The van der Waals surface area contributed by atoms with Gasteiger partial charge in [0, 0.05) is 7.11 Å². The third kappa shape index (κ3) is 6.45. The van der Waals surface area contributed by atoms with Crippen molar-refractivity contribution in [3.8, 4) is 11.1 Å². The monoisotopic (exact) mass is 406 g/mol. The maximum Gasteiger partial charge on any atom is 0.0821 e. The van der Waals surface area contributed by atoms with E-state index in [1.54, 1.807) is 0 Å². The minimum atomic E-state index is 0.223. The molecule has 0 radical (unpaired) electrons. The Bertz CT molecular complexity index is 661. The van der Waals surface area contributed by atoms with E-state index < -0.39 is 0 Å². The molecule has 1 heteroatoms. The molecular weight excluding hydrogens is 364 g/mol. The van der Waals surface area contributed by atoms with E-state index in [0.717, 1.165) is 18.3 Å². The van der Waals surface area contributed by atoms with Gasteiger partial charge in [-0.3, -0.25) is 0 Å². The normalized spacial score (nSPS) is 20.2. The second-order valence-corrected chi connectivity index (χ2v) is 9.32. The zero-order valence-corrected chi connectivity index (χ0v) is 19.5. The van der Waals surface area contributed by atoms with Crippen molar-refractivity contribution in [3.63, 3.8) is 0 Å². The van der Waals surface area contributed by atoms with E-state index in [4.69, 9.17) is 4.74 Å². The molecule has 3 rings (SSSR count). The molecule has 164 valence electrons. The van der Waals surface area contributed by atoms with Crippen LogP contribution in [0.4, 0.5) is 0 Å². The quantitative estimate of drug-likeness (QED) is 0.338. The summed E-state index contributed by atoms with van der Waals surface area (Å²) in [6.07, 6.45) is 14.8. The minimum absolute atomic E-state index is 0.223. The lowest BCUT2D eigenvalue weighted by Crippen LogP contribution is -2.13. The molecule has 0 aromatic heterocycles. The Labute approximate surface area is 185 Å². The van der Waals surface area contributed by atoms with Gasteiger partial charge in [0.2, 0.25) is 0 Å². The SMILES string of the molecule is CCCCCCC(OC)c1ccc(-c2ccc(C3CCC(CCC)CC3)cc2)cc1. The highest BCUT2D eigenvalue weighted by atomic mass is 16.5. The maximum absolute atomic E-state index is 5.77. The Kier molecular flexibility index (Phi) is 9.46. The van der Waals surface area contributed by atoms with E-state index in [1.807, 2.05) is 7.11 Å². The van der Waals surface area contributed by atoms with Gasteiger partial charge in [0.25, 0.3) is 0 Å². The Morgan fingerprint density at radius 3 is 1.97 bits per heavy atom. The van der Waals surface area contributed by atoms with E-state index in [1.165, 1.54) is 86.5 Å². The Balaban J connectivity index is 1.57. The molecule has 1 aliphatic carbocycles. The van der Waals surface area contributed by atoms with E-state index in [-0.39, 0.29) is 6.10 Å². The number of hydrogen-bond donors (Lipinski definition) is 0. The number of unbranched alkanes of at least 4 members (excludes halogenated alkanes) is 3. The number of hydrogen-bond acceptors (Lipinski definition) is 1. The highest BCUT2D eigenvalue weighted by Gasteiger charge is 2.21. The van der Waals surface area contributed by atoms with Gasteiger partial charge in [-0.25, -0.2) is 0 Å². The molecule has 30 heavy (non-hydrogen) atoms. The zero-order chi connectivity index (χ0) is 21.2. The number of methoxy groups -OCH3 is 1. The number of ether oxygens (including phenoxy) is 1. The first-order valence-electron chi connectivity index (χ1n) is 12.5. The average Bonchev–Trinajstić information content (AvgIpc) is 2.80. The summed E-state index contributed by atoms with van der Waals surface area (Å²) in [6.45, 7) is 4.58. The van der Waals surface area contributed by atoms with Gasteiger partial charge < -0.3 is 4.74 Å². The minimum Gasteiger partial charge on any atom is -0.377 e. The van der Waals surface area contributed by atoms with Crippen LogP contribution in [0.1, 0.15) is 108 Å². The lowest BCUT2D eigenvalue weighted by Gasteiger charge is -2.28. The molecule has 1 saturated carbocycles. The summed E-state index contributed by atoms with van der Waals surface area (Å²) in [5.41, 5.74) is 5.47. The highest BCUT2D eigenvalue weighted by Crippen LogP contribution is 2.38. The first-order chi connectivity index (χ1) is 14.7. The van der Waals surface area contributed by atoms with Crippen molar-refractivity contribution in [1.29, 1.82) is 0 Å². The molecule has 1 unspecified atom stereocenters. The maximum atomic E-state index is 5.77. The van der Waals surface area contributed by atoms with Gasteiger partial charge in [-0.05, 0) is 66.2 Å². The zero-order valence-electron chi connectivity index (χ0n) is 19.5. The third-order valence-electron chi connectivity index (χ3n) is 7.15. The van der Waals surface area contributed by atoms with Crippen LogP contribution in [0, 0.1) is 5.92 Å². The molecule has 0 N–H and O–H groups in total. The van der Waals surface area contributed by atoms with Crippen LogP contribution in [0.15, 0.2) is 48.5 Å². The Morgan fingerprint density at radius 1 is 0.767 bits per heavy atom. The van der Waals surface area contributed by atoms with Crippen LogP contribution >= 0.6 is 0 Å². The summed E-state index contributed by atoms with van der Waals surface area (Å²) in [4.78, 5) is 0. The van der Waals surface area contributed by atoms with E-state index in [0.29, 0.717) is 0 Å². The summed E-state index contributed by atoms with van der Waals surface area (Å²) in [5, 5.41) is 0. The molecule has 0 bridgehead atoms. The fourth-order valence-corrected chi connectivity index (χ4v) is 5.21. The van der Waals surface area contributed by atoms with E-state index in [2.05, 4.69) is 62.4 Å². The van der Waals surface area contributed by atoms with Gasteiger partial charge in [0.05, 0.1) is 6.10 Å². The van der Waals surface area contributed by atoms with Crippen molar-refractivity contribution in [3.05, 3.63) is 59.7 Å². The Hall–Kier alpha value is -1.60. The van der Waals surface area contributed by atoms with Crippen LogP contribution in [0.3, 0.4) is 0 Å². The molecule has 1 aliphatic rings. The van der Waals surface area contributed by atoms with Crippen molar-refractivity contribution < 1.29 is 4.74 Å². The standard InChI is InChI=1S/C29H42O/c1-4-6-7-8-10-29(30-3)28-21-19-27(20-22-28)26-17-15-25(16-18-26)24-13-11-23(9-5-2)12-14-24/h15-24,29H,4-14H2,1-3H3. The molecular formula is C29H42O. The van der Waals surface area contributed by atoms with Gasteiger partial charge in [0.1, 0.15) is 0 Å². The second kappa shape index (κ2) is 12.3. The van der Waals surface area contributed by atoms with Gasteiger partial charge in [-0.15, -0.1) is 0 Å². The van der Waals surface area contributed by atoms with E-state index >= 15 is 0 Å². The fourth-order valence-electron chi connectivity index (χ4n) is 5.21. The van der Waals surface area contributed by atoms with Crippen LogP contribution < -0.4 is 0 Å². The second-order valence-electron chi connectivity index (χ2n) is 9.32. The van der Waals surface area contributed by atoms with Crippen LogP contribution in [-0.2, 0) is 4.74 Å². The lowest BCUT2D eigenvalue weighted by atomic mass is 9.77. The molecule has 0 saturated heterocycles. The van der Waals surface area contributed by atoms with E-state index in [9.17, 15) is 0 Å². The first-order valence-corrected chi connectivity index (χ1v) is 12.5. The molecule has 1 atom stereocenters. The molecule has 1 nitrogen and oxygen atoms in total. The summed E-state index contributed by atoms with van der Waals surface area (Å²) in [7, 11) is 1.84. The predicted molar refractivity (Wildman–Crippen MR) is 130 cm³/mol. The number of rotatable bonds is 11. The van der Waals surface area contributed by atoms with Gasteiger partial charge in [-0.2, -0.15) is 0 Å². The van der Waals surface area contributed by atoms with Crippen molar-refractivity contribution in [2.24, 2.45) is 5.92 Å². The predicted octanol–water partition coefficient (Wildman–Crippen LogP) is 9.09. The van der Waals surface area contributed by atoms with Crippen LogP contribution in [0.5, 0.6) is 0 Å². The largest absolute Gasteiger partial charge is 0.377 e. The number of benzene rings is 2. The molecule has 0 heterocycles. The molecule has 0 spiro atoms. The van der Waals surface area contributed by atoms with Crippen molar-refractivity contribution in [2.45, 2.75) is 96.5 Å². The van der Waals surface area contributed by atoms with Crippen molar-refractivity contribution >= 4 is 0 Å². The lowest BCUT2D eigenvalue weighted by molar-refractivity contribution is 0.0931. The van der Waals surface area contributed by atoms with Gasteiger partial charge in [0.15, 0.2) is 0 Å². The van der Waals surface area contributed by atoms with Crippen LogP contribution in [0.2, 0.25) is 0 Å². The molecule has 0 amide bonds. The molecule has 2 aromatic rings. The van der Waals surface area contributed by atoms with Crippen molar-refractivity contribution in [2.75, 3.05) is 7.11 Å². The van der Waals surface area contributed by atoms with Crippen LogP contribution in [0.25, 0.3) is 11.1 Å². The topological polar surface area (TPSA) is 9.23 Å². The third-order valence-corrected chi connectivity index (χ3v) is 7.15. The Morgan fingerprint density at radius 2 is 1.40 bits per heavy atom. The smallest absolute Gasteiger partial charge is 0.0821 e. The molecule has 0 aliphatic heterocycles. The fraction of sp³-hybridized carbons (Fsp3) is 0.586. The van der Waals surface area contributed by atoms with Crippen LogP contribution in [-0.4, -0.2) is 7.11 Å². The summed E-state index contributed by atoms with van der Waals surface area (Å²) in [5.74, 6) is 1.75.